The molecule has 0 aliphatic carbocycles. The highest BCUT2D eigenvalue weighted by atomic mass is 19.1. The van der Waals surface area contributed by atoms with E-state index in [0.717, 1.165) is 0 Å². The molecule has 0 fully saturated rings. The maximum Gasteiger partial charge on any atom is 0.352 e. The van der Waals surface area contributed by atoms with Gasteiger partial charge in [0.1, 0.15) is 11.5 Å². The maximum absolute atomic E-state index is 13.5. The first kappa shape index (κ1) is 8.74. The molecular formula is C10H8FNO2. The largest absolute Gasteiger partial charge is 0.477 e. The Bertz CT molecular complexity index is 516. The van der Waals surface area contributed by atoms with E-state index in [9.17, 15) is 9.18 Å². The number of H-pyrrole nitrogens is 1. The van der Waals surface area contributed by atoms with Crippen LogP contribution in [0.25, 0.3) is 10.9 Å². The van der Waals surface area contributed by atoms with Crippen LogP contribution in [0.4, 0.5) is 4.39 Å². The number of carbonyl (C=O) groups is 1. The lowest BCUT2D eigenvalue weighted by atomic mass is 10.1. The molecule has 2 N–H and O–H groups in total. The van der Waals surface area contributed by atoms with E-state index < -0.39 is 5.97 Å². The molecule has 4 heteroatoms. The van der Waals surface area contributed by atoms with Gasteiger partial charge in [0.25, 0.3) is 0 Å². The van der Waals surface area contributed by atoms with Crippen LogP contribution in [-0.4, -0.2) is 16.1 Å². The molecule has 0 amide bonds. The average Bonchev–Trinajstić information content (AvgIpc) is 2.56. The fraction of sp³-hybridized carbons (Fsp3) is 0.100. The molecule has 1 aromatic heterocycles. The van der Waals surface area contributed by atoms with Gasteiger partial charge in [-0.2, -0.15) is 0 Å². The Morgan fingerprint density at radius 2 is 2.21 bits per heavy atom. The second-order valence-electron chi connectivity index (χ2n) is 3.15. The van der Waals surface area contributed by atoms with Gasteiger partial charge in [-0.15, -0.1) is 0 Å². The Morgan fingerprint density at radius 3 is 2.86 bits per heavy atom. The normalized spacial score (nSPS) is 10.7. The molecule has 0 aliphatic rings. The zero-order chi connectivity index (χ0) is 10.3. The van der Waals surface area contributed by atoms with Gasteiger partial charge in [-0.05, 0) is 24.6 Å². The summed E-state index contributed by atoms with van der Waals surface area (Å²) < 4.78 is 13.5. The Balaban J connectivity index is 2.77. The summed E-state index contributed by atoms with van der Waals surface area (Å²) in [4.78, 5) is 13.2. The molecule has 0 unspecified atom stereocenters. The predicted molar refractivity (Wildman–Crippen MR) is 50.0 cm³/mol. The van der Waals surface area contributed by atoms with E-state index in [1.807, 2.05) is 0 Å². The van der Waals surface area contributed by atoms with Crippen LogP contribution in [0.2, 0.25) is 0 Å². The van der Waals surface area contributed by atoms with Crippen LogP contribution in [-0.2, 0) is 0 Å². The standard InChI is InChI=1S/C10H8FNO2/c1-5-2-3-7-6(9(5)11)4-8(12-7)10(13)14/h2-4,12H,1H3,(H,13,14). The fourth-order valence-corrected chi connectivity index (χ4v) is 1.39. The van der Waals surface area contributed by atoms with Gasteiger partial charge in [0.15, 0.2) is 0 Å². The molecule has 72 valence electrons. The number of benzene rings is 1. The second kappa shape index (κ2) is 2.83. The van der Waals surface area contributed by atoms with Crippen molar-refractivity contribution in [3.63, 3.8) is 0 Å². The van der Waals surface area contributed by atoms with Crippen LogP contribution in [0, 0.1) is 12.7 Å². The number of aryl methyl sites for hydroxylation is 1. The number of carboxylic acid groups (broad SMARTS) is 1. The summed E-state index contributed by atoms with van der Waals surface area (Å²) in [6.07, 6.45) is 0. The van der Waals surface area contributed by atoms with Crippen molar-refractivity contribution in [2.45, 2.75) is 6.92 Å². The summed E-state index contributed by atoms with van der Waals surface area (Å²) in [6.45, 7) is 1.64. The van der Waals surface area contributed by atoms with Gasteiger partial charge in [-0.1, -0.05) is 6.07 Å². The molecule has 0 saturated carbocycles. The number of aromatic nitrogens is 1. The summed E-state index contributed by atoms with van der Waals surface area (Å²) in [5.74, 6) is -1.45. The number of aromatic amines is 1. The maximum atomic E-state index is 13.5. The molecule has 2 aromatic rings. The quantitative estimate of drug-likeness (QED) is 0.730. The van der Waals surface area contributed by atoms with E-state index in [1.54, 1.807) is 19.1 Å². The number of hydrogen-bond donors (Lipinski definition) is 2. The number of hydrogen-bond acceptors (Lipinski definition) is 1. The van der Waals surface area contributed by atoms with Gasteiger partial charge in [0.05, 0.1) is 0 Å². The summed E-state index contributed by atoms with van der Waals surface area (Å²) in [5.41, 5.74) is 1.02. The van der Waals surface area contributed by atoms with Crippen LogP contribution in [0.5, 0.6) is 0 Å². The molecule has 3 nitrogen and oxygen atoms in total. The number of halogens is 1. The third-order valence-electron chi connectivity index (χ3n) is 2.16. The first-order chi connectivity index (χ1) is 6.59. The van der Waals surface area contributed by atoms with Gasteiger partial charge < -0.3 is 10.1 Å². The van der Waals surface area contributed by atoms with Gasteiger partial charge in [0, 0.05) is 10.9 Å². The van der Waals surface area contributed by atoms with Gasteiger partial charge in [0.2, 0.25) is 0 Å². The van der Waals surface area contributed by atoms with Crippen LogP contribution in [0.1, 0.15) is 16.1 Å². The van der Waals surface area contributed by atoms with Crippen molar-refractivity contribution in [2.75, 3.05) is 0 Å². The Labute approximate surface area is 79.2 Å². The lowest BCUT2D eigenvalue weighted by molar-refractivity contribution is 0.0691. The number of nitrogens with one attached hydrogen (secondary N) is 1. The third kappa shape index (κ3) is 1.16. The molecule has 0 atom stereocenters. The highest BCUT2D eigenvalue weighted by Gasteiger charge is 2.11. The Hall–Kier alpha value is -1.84. The number of fused-ring (bicyclic) bond motifs is 1. The van der Waals surface area contributed by atoms with Crippen molar-refractivity contribution >= 4 is 16.9 Å². The van der Waals surface area contributed by atoms with Gasteiger partial charge in [-0.3, -0.25) is 0 Å². The minimum Gasteiger partial charge on any atom is -0.477 e. The van der Waals surface area contributed by atoms with Crippen molar-refractivity contribution in [1.82, 2.24) is 4.98 Å². The molecule has 0 spiro atoms. The zero-order valence-corrected chi connectivity index (χ0v) is 7.47. The number of rotatable bonds is 1. The topological polar surface area (TPSA) is 53.1 Å². The minimum atomic E-state index is -1.08. The first-order valence-electron chi connectivity index (χ1n) is 4.10. The van der Waals surface area contributed by atoms with Crippen molar-refractivity contribution in [3.05, 3.63) is 35.3 Å². The molecule has 1 aromatic carbocycles. The van der Waals surface area contributed by atoms with Crippen LogP contribution in [0.3, 0.4) is 0 Å². The second-order valence-corrected chi connectivity index (χ2v) is 3.15. The minimum absolute atomic E-state index is 0.00417. The van der Waals surface area contributed by atoms with Crippen molar-refractivity contribution < 1.29 is 14.3 Å². The molecule has 14 heavy (non-hydrogen) atoms. The Morgan fingerprint density at radius 1 is 1.50 bits per heavy atom. The molecule has 0 radical (unpaired) electrons. The van der Waals surface area contributed by atoms with Crippen molar-refractivity contribution in [3.8, 4) is 0 Å². The van der Waals surface area contributed by atoms with Crippen molar-refractivity contribution in [1.29, 1.82) is 0 Å². The predicted octanol–water partition coefficient (Wildman–Crippen LogP) is 2.31. The number of carboxylic acids is 1. The highest BCUT2D eigenvalue weighted by Crippen LogP contribution is 2.21. The SMILES string of the molecule is Cc1ccc2[nH]c(C(=O)O)cc2c1F. The molecule has 0 aliphatic heterocycles. The zero-order valence-electron chi connectivity index (χ0n) is 7.47. The molecular weight excluding hydrogens is 185 g/mol. The Kier molecular flexibility index (Phi) is 1.77. The van der Waals surface area contributed by atoms with Gasteiger partial charge >= 0.3 is 5.97 Å². The lowest BCUT2D eigenvalue weighted by Crippen LogP contribution is -1.94. The summed E-state index contributed by atoms with van der Waals surface area (Å²) in [7, 11) is 0. The fourth-order valence-electron chi connectivity index (χ4n) is 1.39. The van der Waals surface area contributed by atoms with E-state index in [-0.39, 0.29) is 11.5 Å². The molecule has 2 rings (SSSR count). The van der Waals surface area contributed by atoms with Crippen LogP contribution < -0.4 is 0 Å². The van der Waals surface area contributed by atoms with Crippen LogP contribution >= 0.6 is 0 Å². The van der Waals surface area contributed by atoms with Crippen LogP contribution in [0.15, 0.2) is 18.2 Å². The molecule has 0 saturated heterocycles. The summed E-state index contributed by atoms with van der Waals surface area (Å²) in [5, 5.41) is 9.01. The monoisotopic (exact) mass is 193 g/mol. The van der Waals surface area contributed by atoms with E-state index in [4.69, 9.17) is 5.11 Å². The third-order valence-corrected chi connectivity index (χ3v) is 2.16. The average molecular weight is 193 g/mol. The highest BCUT2D eigenvalue weighted by molar-refractivity contribution is 5.94. The summed E-state index contributed by atoms with van der Waals surface area (Å²) in [6, 6.07) is 4.58. The van der Waals surface area contributed by atoms with E-state index in [0.29, 0.717) is 16.5 Å². The summed E-state index contributed by atoms with van der Waals surface area (Å²) >= 11 is 0. The lowest BCUT2D eigenvalue weighted by Gasteiger charge is -1.95. The van der Waals surface area contributed by atoms with E-state index >= 15 is 0 Å². The van der Waals surface area contributed by atoms with E-state index in [1.165, 1.54) is 6.07 Å². The molecule has 1 heterocycles. The van der Waals surface area contributed by atoms with E-state index in [2.05, 4.69) is 4.98 Å². The van der Waals surface area contributed by atoms with Gasteiger partial charge in [-0.25, -0.2) is 9.18 Å². The molecule has 0 bridgehead atoms. The van der Waals surface area contributed by atoms with Crippen molar-refractivity contribution in [2.24, 2.45) is 0 Å². The number of aromatic carboxylic acids is 1. The smallest absolute Gasteiger partial charge is 0.352 e. The first-order valence-corrected chi connectivity index (χ1v) is 4.10.